The third kappa shape index (κ3) is 3.64. The van der Waals surface area contributed by atoms with Gasteiger partial charge in [-0.05, 0) is 44.7 Å². The van der Waals surface area contributed by atoms with Crippen LogP contribution in [0.4, 0.5) is 0 Å². The standard InChI is InChI=1S/C18H26N2O3S/c1-18(11-5-6-12-18)19-17(21)15-8-7-13-20(14-15)24(22,23)16-9-3-2-4-10-16/h2-4,9-10,15H,5-8,11-14H2,1H3,(H,19,21). The number of carbonyl (C=O) groups excluding carboxylic acids is 1. The highest BCUT2D eigenvalue weighted by Crippen LogP contribution is 2.30. The van der Waals surface area contributed by atoms with Crippen LogP contribution in [0.5, 0.6) is 0 Å². The number of sulfonamides is 1. The van der Waals surface area contributed by atoms with Gasteiger partial charge in [-0.3, -0.25) is 4.79 Å². The average Bonchev–Trinajstić information content (AvgIpc) is 3.02. The molecule has 0 radical (unpaired) electrons. The average molecular weight is 350 g/mol. The highest BCUT2D eigenvalue weighted by Gasteiger charge is 2.36. The van der Waals surface area contributed by atoms with Crippen LogP contribution in [0.3, 0.4) is 0 Å². The number of hydrogen-bond donors (Lipinski definition) is 1. The first-order valence-corrected chi connectivity index (χ1v) is 10.2. The minimum Gasteiger partial charge on any atom is -0.351 e. The van der Waals surface area contributed by atoms with Gasteiger partial charge in [0.1, 0.15) is 0 Å². The summed E-state index contributed by atoms with van der Waals surface area (Å²) < 4.78 is 27.0. The van der Waals surface area contributed by atoms with Gasteiger partial charge in [-0.25, -0.2) is 8.42 Å². The maximum Gasteiger partial charge on any atom is 0.243 e. The van der Waals surface area contributed by atoms with E-state index in [0.717, 1.165) is 38.5 Å². The van der Waals surface area contributed by atoms with Crippen LogP contribution in [-0.2, 0) is 14.8 Å². The topological polar surface area (TPSA) is 66.5 Å². The van der Waals surface area contributed by atoms with Gasteiger partial charge >= 0.3 is 0 Å². The van der Waals surface area contributed by atoms with Crippen molar-refractivity contribution in [1.82, 2.24) is 9.62 Å². The molecule has 2 aliphatic rings. The second-order valence-corrected chi connectivity index (χ2v) is 9.21. The quantitative estimate of drug-likeness (QED) is 0.907. The molecule has 2 fully saturated rings. The molecule has 0 aromatic heterocycles. The maximum absolute atomic E-state index is 12.8. The van der Waals surface area contributed by atoms with Crippen molar-refractivity contribution >= 4 is 15.9 Å². The SMILES string of the molecule is CC1(NC(=O)C2CCCN(S(=O)(=O)c3ccccc3)C2)CCCC1. The molecule has 1 amide bonds. The van der Waals surface area contributed by atoms with E-state index in [9.17, 15) is 13.2 Å². The molecule has 1 aromatic carbocycles. The molecule has 1 saturated carbocycles. The van der Waals surface area contributed by atoms with Crippen molar-refractivity contribution in [2.75, 3.05) is 13.1 Å². The van der Waals surface area contributed by atoms with E-state index in [0.29, 0.717) is 11.4 Å². The lowest BCUT2D eigenvalue weighted by atomic mass is 9.95. The normalized spacial score (nSPS) is 24.6. The molecule has 132 valence electrons. The van der Waals surface area contributed by atoms with Crippen LogP contribution in [0.25, 0.3) is 0 Å². The van der Waals surface area contributed by atoms with E-state index in [1.54, 1.807) is 30.3 Å². The fourth-order valence-corrected chi connectivity index (χ4v) is 5.34. The Kier molecular flexibility index (Phi) is 4.97. The zero-order chi connectivity index (χ0) is 17.2. The predicted molar refractivity (Wildman–Crippen MR) is 92.9 cm³/mol. The molecule has 0 spiro atoms. The molecule has 1 unspecified atom stereocenters. The lowest BCUT2D eigenvalue weighted by molar-refractivity contribution is -0.127. The summed E-state index contributed by atoms with van der Waals surface area (Å²) in [7, 11) is -3.52. The third-order valence-corrected chi connectivity index (χ3v) is 7.15. The fourth-order valence-electron chi connectivity index (χ4n) is 3.80. The largest absolute Gasteiger partial charge is 0.351 e. The lowest BCUT2D eigenvalue weighted by Gasteiger charge is -2.34. The Morgan fingerprint density at radius 2 is 1.83 bits per heavy atom. The van der Waals surface area contributed by atoms with Crippen molar-refractivity contribution in [2.24, 2.45) is 5.92 Å². The van der Waals surface area contributed by atoms with Crippen molar-refractivity contribution in [3.63, 3.8) is 0 Å². The number of nitrogens with one attached hydrogen (secondary N) is 1. The van der Waals surface area contributed by atoms with Gasteiger partial charge in [0, 0.05) is 18.6 Å². The van der Waals surface area contributed by atoms with Crippen LogP contribution in [0.1, 0.15) is 45.4 Å². The molecule has 1 heterocycles. The summed E-state index contributed by atoms with van der Waals surface area (Å²) in [6.45, 7) is 2.86. The summed E-state index contributed by atoms with van der Waals surface area (Å²) in [4.78, 5) is 12.9. The Labute approximate surface area is 144 Å². The first kappa shape index (κ1) is 17.4. The van der Waals surface area contributed by atoms with Gasteiger partial charge in [0.2, 0.25) is 15.9 Å². The highest BCUT2D eigenvalue weighted by molar-refractivity contribution is 7.89. The van der Waals surface area contributed by atoms with Gasteiger partial charge in [-0.1, -0.05) is 31.0 Å². The summed E-state index contributed by atoms with van der Waals surface area (Å²) in [6, 6.07) is 8.47. The van der Waals surface area contributed by atoms with Gasteiger partial charge in [0.15, 0.2) is 0 Å². The van der Waals surface area contributed by atoms with E-state index in [1.165, 1.54) is 4.31 Å². The first-order valence-electron chi connectivity index (χ1n) is 8.78. The van der Waals surface area contributed by atoms with Crippen molar-refractivity contribution in [1.29, 1.82) is 0 Å². The third-order valence-electron chi connectivity index (χ3n) is 5.27. The van der Waals surface area contributed by atoms with Crippen LogP contribution in [-0.4, -0.2) is 37.3 Å². The van der Waals surface area contributed by atoms with E-state index >= 15 is 0 Å². The van der Waals surface area contributed by atoms with Gasteiger partial charge in [-0.15, -0.1) is 0 Å². The molecule has 1 atom stereocenters. The number of amides is 1. The molecule has 6 heteroatoms. The van der Waals surface area contributed by atoms with Gasteiger partial charge < -0.3 is 5.32 Å². The highest BCUT2D eigenvalue weighted by atomic mass is 32.2. The van der Waals surface area contributed by atoms with Gasteiger partial charge in [0.05, 0.1) is 10.8 Å². The summed E-state index contributed by atoms with van der Waals surface area (Å²) in [5.41, 5.74) is -0.113. The number of benzene rings is 1. The minimum absolute atomic E-state index is 0.00682. The molecule has 1 aliphatic heterocycles. The molecular formula is C18H26N2O3S. The van der Waals surface area contributed by atoms with Crippen molar-refractivity contribution in [3.05, 3.63) is 30.3 Å². The molecule has 1 aliphatic carbocycles. The summed E-state index contributed by atoms with van der Waals surface area (Å²) >= 11 is 0. The molecule has 0 bridgehead atoms. The van der Waals surface area contributed by atoms with Gasteiger partial charge in [-0.2, -0.15) is 4.31 Å². The van der Waals surface area contributed by atoms with Crippen LogP contribution in [0.15, 0.2) is 35.2 Å². The van der Waals surface area contributed by atoms with Gasteiger partial charge in [0.25, 0.3) is 0 Å². The summed E-state index contributed by atoms with van der Waals surface area (Å²) in [6.07, 6.45) is 5.80. The Bertz CT molecular complexity index is 681. The molecule has 1 aromatic rings. The fraction of sp³-hybridized carbons (Fsp3) is 0.611. The molecular weight excluding hydrogens is 324 g/mol. The summed E-state index contributed by atoms with van der Waals surface area (Å²) in [5.74, 6) is -0.248. The minimum atomic E-state index is -3.52. The van der Waals surface area contributed by atoms with Crippen LogP contribution in [0, 0.1) is 5.92 Å². The number of rotatable bonds is 4. The predicted octanol–water partition coefficient (Wildman–Crippen LogP) is 2.54. The molecule has 24 heavy (non-hydrogen) atoms. The maximum atomic E-state index is 12.8. The van der Waals surface area contributed by atoms with Crippen molar-refractivity contribution in [3.8, 4) is 0 Å². The van der Waals surface area contributed by atoms with E-state index in [1.807, 2.05) is 0 Å². The number of carbonyl (C=O) groups is 1. The van der Waals surface area contributed by atoms with E-state index in [4.69, 9.17) is 0 Å². The number of nitrogens with zero attached hydrogens (tertiary/aromatic N) is 1. The van der Waals surface area contributed by atoms with Crippen LogP contribution in [0.2, 0.25) is 0 Å². The summed E-state index contributed by atoms with van der Waals surface area (Å²) in [5, 5.41) is 3.18. The van der Waals surface area contributed by atoms with E-state index in [2.05, 4.69) is 12.2 Å². The first-order chi connectivity index (χ1) is 11.4. The van der Waals surface area contributed by atoms with Crippen LogP contribution >= 0.6 is 0 Å². The van der Waals surface area contributed by atoms with Crippen molar-refractivity contribution in [2.45, 2.75) is 55.9 Å². The zero-order valence-corrected chi connectivity index (χ0v) is 15.0. The Morgan fingerprint density at radius 1 is 1.17 bits per heavy atom. The second kappa shape index (κ2) is 6.84. The van der Waals surface area contributed by atoms with E-state index < -0.39 is 10.0 Å². The zero-order valence-electron chi connectivity index (χ0n) is 14.2. The van der Waals surface area contributed by atoms with Crippen molar-refractivity contribution < 1.29 is 13.2 Å². The Balaban J connectivity index is 1.69. The number of piperidine rings is 1. The lowest BCUT2D eigenvalue weighted by Crippen LogP contribution is -2.51. The smallest absolute Gasteiger partial charge is 0.243 e. The molecule has 1 saturated heterocycles. The van der Waals surface area contributed by atoms with Crippen LogP contribution < -0.4 is 5.32 Å². The Hall–Kier alpha value is -1.40. The molecule has 5 nitrogen and oxygen atoms in total. The Morgan fingerprint density at radius 3 is 2.50 bits per heavy atom. The number of hydrogen-bond acceptors (Lipinski definition) is 3. The van der Waals surface area contributed by atoms with E-state index in [-0.39, 0.29) is 23.9 Å². The second-order valence-electron chi connectivity index (χ2n) is 7.27. The molecule has 3 rings (SSSR count). The molecule has 1 N–H and O–H groups in total. The monoisotopic (exact) mass is 350 g/mol.